The molecule has 0 fully saturated rings. The molecule has 0 spiro atoms. The van der Waals surface area contributed by atoms with Crippen LogP contribution in [-0.4, -0.2) is 28.1 Å². The van der Waals surface area contributed by atoms with Gasteiger partial charge in [-0.3, -0.25) is 14.9 Å². The SMILES string of the molecule is O=C(O)CC1OC(=O)C=C1c1ccc([N+](=O)[O-])cc1. The lowest BCUT2D eigenvalue weighted by Crippen LogP contribution is -2.16. The van der Waals surface area contributed by atoms with Crippen molar-refractivity contribution in [1.29, 1.82) is 0 Å². The van der Waals surface area contributed by atoms with Crippen molar-refractivity contribution in [3.8, 4) is 0 Å². The molecule has 1 aromatic carbocycles. The first-order valence-corrected chi connectivity index (χ1v) is 5.36. The predicted octanol–water partition coefficient (Wildman–Crippen LogP) is 1.38. The highest BCUT2D eigenvalue weighted by Gasteiger charge is 2.29. The summed E-state index contributed by atoms with van der Waals surface area (Å²) < 4.78 is 4.87. The molecule has 1 atom stereocenters. The van der Waals surface area contributed by atoms with Crippen LogP contribution in [0.5, 0.6) is 0 Å². The molecule has 0 bridgehead atoms. The van der Waals surface area contributed by atoms with E-state index in [9.17, 15) is 19.7 Å². The Labute approximate surface area is 107 Å². The van der Waals surface area contributed by atoms with Crippen molar-refractivity contribution < 1.29 is 24.4 Å². The Kier molecular flexibility index (Phi) is 3.28. The van der Waals surface area contributed by atoms with Gasteiger partial charge in [-0.05, 0) is 17.7 Å². The third kappa shape index (κ3) is 2.76. The van der Waals surface area contributed by atoms with Gasteiger partial charge in [0.25, 0.3) is 5.69 Å². The minimum Gasteiger partial charge on any atom is -0.481 e. The number of aliphatic carboxylic acids is 1. The van der Waals surface area contributed by atoms with Crippen molar-refractivity contribution in [3.63, 3.8) is 0 Å². The van der Waals surface area contributed by atoms with Crippen LogP contribution in [0, 0.1) is 10.1 Å². The highest BCUT2D eigenvalue weighted by Crippen LogP contribution is 2.29. The van der Waals surface area contributed by atoms with E-state index < -0.39 is 23.0 Å². The van der Waals surface area contributed by atoms with Gasteiger partial charge in [0.2, 0.25) is 0 Å². The summed E-state index contributed by atoms with van der Waals surface area (Å²) in [6, 6.07) is 5.50. The largest absolute Gasteiger partial charge is 0.481 e. The summed E-state index contributed by atoms with van der Waals surface area (Å²) in [5.74, 6) is -1.70. The van der Waals surface area contributed by atoms with Gasteiger partial charge in [0, 0.05) is 23.8 Å². The highest BCUT2D eigenvalue weighted by molar-refractivity contribution is 5.98. The van der Waals surface area contributed by atoms with E-state index in [1.54, 1.807) is 0 Å². The van der Waals surface area contributed by atoms with E-state index in [2.05, 4.69) is 0 Å². The van der Waals surface area contributed by atoms with E-state index >= 15 is 0 Å². The van der Waals surface area contributed by atoms with Crippen molar-refractivity contribution in [2.75, 3.05) is 0 Å². The molecular weight excluding hydrogens is 254 g/mol. The monoisotopic (exact) mass is 263 g/mol. The molecule has 1 N–H and O–H groups in total. The Morgan fingerprint density at radius 2 is 2.00 bits per heavy atom. The molecule has 98 valence electrons. The van der Waals surface area contributed by atoms with Gasteiger partial charge in [0.05, 0.1) is 11.3 Å². The average Bonchev–Trinajstić information content (AvgIpc) is 2.69. The van der Waals surface area contributed by atoms with Crippen LogP contribution in [0.1, 0.15) is 12.0 Å². The van der Waals surface area contributed by atoms with Crippen LogP contribution in [0.25, 0.3) is 5.57 Å². The van der Waals surface area contributed by atoms with Gasteiger partial charge < -0.3 is 9.84 Å². The number of carboxylic acid groups (broad SMARTS) is 1. The predicted molar refractivity (Wildman–Crippen MR) is 63.2 cm³/mol. The molecule has 1 aromatic rings. The van der Waals surface area contributed by atoms with Gasteiger partial charge in [-0.1, -0.05) is 0 Å². The van der Waals surface area contributed by atoms with E-state index in [-0.39, 0.29) is 12.1 Å². The molecule has 0 aliphatic carbocycles. The lowest BCUT2D eigenvalue weighted by molar-refractivity contribution is -0.384. The third-order valence-corrected chi connectivity index (χ3v) is 2.65. The molecule has 1 aliphatic rings. The molecule has 1 unspecified atom stereocenters. The second kappa shape index (κ2) is 4.89. The lowest BCUT2D eigenvalue weighted by atomic mass is 9.99. The van der Waals surface area contributed by atoms with Gasteiger partial charge in [-0.15, -0.1) is 0 Å². The van der Waals surface area contributed by atoms with Crippen LogP contribution in [0.2, 0.25) is 0 Å². The summed E-state index contributed by atoms with van der Waals surface area (Å²) in [6.45, 7) is 0. The first-order chi connectivity index (χ1) is 8.97. The van der Waals surface area contributed by atoms with E-state index in [1.807, 2.05) is 0 Å². The van der Waals surface area contributed by atoms with Crippen LogP contribution >= 0.6 is 0 Å². The van der Waals surface area contributed by atoms with Gasteiger partial charge in [0.1, 0.15) is 6.10 Å². The van der Waals surface area contributed by atoms with Gasteiger partial charge in [-0.2, -0.15) is 0 Å². The maximum Gasteiger partial charge on any atom is 0.331 e. The second-order valence-electron chi connectivity index (χ2n) is 3.93. The van der Waals surface area contributed by atoms with Gasteiger partial charge >= 0.3 is 11.9 Å². The fraction of sp³-hybridized carbons (Fsp3) is 0.167. The maximum atomic E-state index is 11.2. The average molecular weight is 263 g/mol. The highest BCUT2D eigenvalue weighted by atomic mass is 16.6. The zero-order chi connectivity index (χ0) is 14.0. The van der Waals surface area contributed by atoms with E-state index in [1.165, 1.54) is 30.3 Å². The lowest BCUT2D eigenvalue weighted by Gasteiger charge is -2.11. The summed E-state index contributed by atoms with van der Waals surface area (Å²) in [5, 5.41) is 19.3. The number of nitro benzene ring substituents is 1. The number of benzene rings is 1. The number of ether oxygens (including phenoxy) is 1. The van der Waals surface area contributed by atoms with E-state index in [4.69, 9.17) is 9.84 Å². The summed E-state index contributed by atoms with van der Waals surface area (Å²) in [4.78, 5) is 31.9. The van der Waals surface area contributed by atoms with Crippen molar-refractivity contribution in [1.82, 2.24) is 0 Å². The number of cyclic esters (lactones) is 1. The van der Waals surface area contributed by atoms with Crippen molar-refractivity contribution in [2.45, 2.75) is 12.5 Å². The molecule has 0 saturated heterocycles. The van der Waals surface area contributed by atoms with Gasteiger partial charge in [-0.25, -0.2) is 4.79 Å². The number of esters is 1. The number of carboxylic acids is 1. The zero-order valence-corrected chi connectivity index (χ0v) is 9.61. The first-order valence-electron chi connectivity index (χ1n) is 5.36. The van der Waals surface area contributed by atoms with Crippen molar-refractivity contribution in [3.05, 3.63) is 46.0 Å². The molecule has 1 heterocycles. The van der Waals surface area contributed by atoms with Crippen LogP contribution in [-0.2, 0) is 14.3 Å². The summed E-state index contributed by atoms with van der Waals surface area (Å²) in [7, 11) is 0. The fourth-order valence-electron chi connectivity index (χ4n) is 1.81. The molecule has 0 amide bonds. The van der Waals surface area contributed by atoms with Crippen molar-refractivity contribution >= 4 is 23.2 Å². The Balaban J connectivity index is 2.28. The number of non-ortho nitro benzene ring substituents is 1. The molecule has 0 saturated carbocycles. The number of hydrogen-bond acceptors (Lipinski definition) is 5. The third-order valence-electron chi connectivity index (χ3n) is 2.65. The molecule has 2 rings (SSSR count). The fourth-order valence-corrected chi connectivity index (χ4v) is 1.81. The molecule has 7 heteroatoms. The Bertz CT molecular complexity index is 574. The smallest absolute Gasteiger partial charge is 0.331 e. The number of rotatable bonds is 4. The molecule has 0 radical (unpaired) electrons. The summed E-state index contributed by atoms with van der Waals surface area (Å²) in [5.41, 5.74) is 0.870. The quantitative estimate of drug-likeness (QED) is 0.499. The second-order valence-corrected chi connectivity index (χ2v) is 3.93. The van der Waals surface area contributed by atoms with Crippen molar-refractivity contribution in [2.24, 2.45) is 0 Å². The topological polar surface area (TPSA) is 107 Å². The maximum absolute atomic E-state index is 11.2. The summed E-state index contributed by atoms with van der Waals surface area (Å²) in [6.07, 6.45) is 0.00929. The molecule has 19 heavy (non-hydrogen) atoms. The first kappa shape index (κ1) is 12.7. The molecule has 1 aliphatic heterocycles. The Morgan fingerprint density at radius 1 is 1.37 bits per heavy atom. The molecular formula is C12H9NO6. The number of carbonyl (C=O) groups is 2. The van der Waals surface area contributed by atoms with E-state index in [0.717, 1.165) is 0 Å². The number of nitrogens with zero attached hydrogens (tertiary/aromatic N) is 1. The minimum absolute atomic E-state index is 0.0793. The van der Waals surface area contributed by atoms with Crippen LogP contribution in [0.15, 0.2) is 30.3 Å². The molecule has 7 nitrogen and oxygen atoms in total. The Morgan fingerprint density at radius 3 is 2.53 bits per heavy atom. The minimum atomic E-state index is -1.09. The standard InChI is InChI=1S/C12H9NO6/c14-11(15)6-10-9(5-12(16)19-10)7-1-3-8(4-2-7)13(17)18/h1-5,10H,6H2,(H,14,15). The molecule has 0 aromatic heterocycles. The van der Waals surface area contributed by atoms with Gasteiger partial charge in [0.15, 0.2) is 0 Å². The van der Waals surface area contributed by atoms with E-state index in [0.29, 0.717) is 11.1 Å². The number of carbonyl (C=O) groups excluding carboxylic acids is 1. The summed E-state index contributed by atoms with van der Waals surface area (Å²) >= 11 is 0. The number of hydrogen-bond donors (Lipinski definition) is 1. The van der Waals surface area contributed by atoms with Crippen LogP contribution < -0.4 is 0 Å². The number of nitro groups is 1. The zero-order valence-electron chi connectivity index (χ0n) is 9.61. The van der Waals surface area contributed by atoms with Crippen LogP contribution in [0.4, 0.5) is 5.69 Å². The van der Waals surface area contributed by atoms with Crippen LogP contribution in [0.3, 0.4) is 0 Å². The Hall–Kier alpha value is -2.70. The normalized spacial score (nSPS) is 17.8.